The molecule has 1 aromatic carbocycles. The second-order valence-corrected chi connectivity index (χ2v) is 5.01. The Hall–Kier alpha value is -1.79. The minimum Gasteiger partial charge on any atom is -0.409 e. The molecular formula is C15H25N3O3. The molecule has 1 aromatic rings. The first-order valence-corrected chi connectivity index (χ1v) is 7.32. The Labute approximate surface area is 125 Å². The van der Waals surface area contributed by atoms with E-state index >= 15 is 0 Å². The summed E-state index contributed by atoms with van der Waals surface area (Å²) in [5.74, 6) is 0.836. The summed E-state index contributed by atoms with van der Waals surface area (Å²) in [5.41, 5.74) is 8.51. The van der Waals surface area contributed by atoms with Crippen LogP contribution in [0.5, 0.6) is 5.75 Å². The third-order valence-electron chi connectivity index (χ3n) is 3.16. The van der Waals surface area contributed by atoms with Crippen LogP contribution in [-0.4, -0.2) is 24.3 Å². The fraction of sp³-hybridized carbons (Fsp3) is 0.533. The second kappa shape index (κ2) is 10.0. The van der Waals surface area contributed by atoms with E-state index in [1.807, 2.05) is 0 Å². The molecule has 0 bridgehead atoms. The Morgan fingerprint density at radius 3 is 2.62 bits per heavy atom. The van der Waals surface area contributed by atoms with Gasteiger partial charge in [-0.3, -0.25) is 0 Å². The van der Waals surface area contributed by atoms with Crippen molar-refractivity contribution in [2.45, 2.75) is 32.6 Å². The van der Waals surface area contributed by atoms with Crippen molar-refractivity contribution in [1.82, 2.24) is 5.48 Å². The van der Waals surface area contributed by atoms with Gasteiger partial charge in [-0.15, -0.1) is 0 Å². The van der Waals surface area contributed by atoms with Crippen LogP contribution in [0.4, 0.5) is 10.5 Å². The van der Waals surface area contributed by atoms with E-state index in [0.717, 1.165) is 12.8 Å². The highest BCUT2D eigenvalue weighted by molar-refractivity contribution is 5.87. The van der Waals surface area contributed by atoms with Crippen molar-refractivity contribution in [3.05, 3.63) is 24.3 Å². The van der Waals surface area contributed by atoms with Gasteiger partial charge in [-0.25, -0.2) is 4.79 Å². The third kappa shape index (κ3) is 7.53. The van der Waals surface area contributed by atoms with Gasteiger partial charge in [0.1, 0.15) is 5.75 Å². The minimum atomic E-state index is -0.598. The summed E-state index contributed by atoms with van der Waals surface area (Å²) in [6.45, 7) is 2.91. The molecule has 118 valence electrons. The van der Waals surface area contributed by atoms with Crippen LogP contribution in [-0.2, 0) is 0 Å². The maximum atomic E-state index is 10.7. The molecule has 5 N–H and O–H groups in total. The van der Waals surface area contributed by atoms with Gasteiger partial charge in [0.25, 0.3) is 0 Å². The van der Waals surface area contributed by atoms with Crippen LogP contribution in [0.25, 0.3) is 0 Å². The van der Waals surface area contributed by atoms with Gasteiger partial charge in [-0.2, -0.15) is 5.48 Å². The Kier molecular flexibility index (Phi) is 8.23. The highest BCUT2D eigenvalue weighted by Crippen LogP contribution is 2.15. The van der Waals surface area contributed by atoms with E-state index in [1.165, 1.54) is 12.8 Å². The molecule has 0 saturated carbocycles. The van der Waals surface area contributed by atoms with Crippen LogP contribution >= 0.6 is 0 Å². The molecule has 21 heavy (non-hydrogen) atoms. The molecule has 2 amide bonds. The molecule has 0 aliphatic carbocycles. The third-order valence-corrected chi connectivity index (χ3v) is 3.16. The van der Waals surface area contributed by atoms with Crippen molar-refractivity contribution in [3.8, 4) is 5.75 Å². The van der Waals surface area contributed by atoms with Crippen molar-refractivity contribution in [2.24, 2.45) is 11.7 Å². The van der Waals surface area contributed by atoms with Gasteiger partial charge in [0.15, 0.2) is 0 Å². The van der Waals surface area contributed by atoms with E-state index < -0.39 is 6.03 Å². The Morgan fingerprint density at radius 2 is 2.05 bits per heavy atom. The lowest BCUT2D eigenvalue weighted by atomic mass is 10.0. The standard InChI is InChI=1S/C15H25N3O3/c1-2-3-4-5-12(11-19)10-17-21-14-8-6-13(7-9-14)18-15(16)20/h6-9,12,17,19H,2-5,10-11H2,1H3,(H3,16,18,20). The van der Waals surface area contributed by atoms with Crippen molar-refractivity contribution >= 4 is 11.7 Å². The first-order valence-electron chi connectivity index (χ1n) is 7.32. The van der Waals surface area contributed by atoms with Gasteiger partial charge in [-0.05, 0) is 36.6 Å². The number of carbonyl (C=O) groups excluding carboxylic acids is 1. The smallest absolute Gasteiger partial charge is 0.316 e. The van der Waals surface area contributed by atoms with Crippen LogP contribution < -0.4 is 21.4 Å². The van der Waals surface area contributed by atoms with Crippen LogP contribution in [0.3, 0.4) is 0 Å². The zero-order valence-electron chi connectivity index (χ0n) is 12.5. The maximum Gasteiger partial charge on any atom is 0.316 e. The maximum absolute atomic E-state index is 10.7. The molecule has 0 saturated heterocycles. The van der Waals surface area contributed by atoms with Crippen molar-refractivity contribution < 1.29 is 14.7 Å². The van der Waals surface area contributed by atoms with Gasteiger partial charge in [0.05, 0.1) is 0 Å². The molecule has 6 nitrogen and oxygen atoms in total. The normalized spacial score (nSPS) is 11.9. The molecule has 0 aromatic heterocycles. The number of hydrogen-bond acceptors (Lipinski definition) is 4. The number of hydrogen-bond donors (Lipinski definition) is 4. The fourth-order valence-electron chi connectivity index (χ4n) is 1.93. The molecule has 0 aliphatic rings. The first kappa shape index (κ1) is 17.3. The first-order chi connectivity index (χ1) is 10.2. The number of anilines is 1. The number of urea groups is 1. The number of hydroxylamine groups is 1. The van der Waals surface area contributed by atoms with E-state index in [0.29, 0.717) is 18.0 Å². The summed E-state index contributed by atoms with van der Waals surface area (Å²) in [5, 5.41) is 11.8. The Morgan fingerprint density at radius 1 is 1.33 bits per heavy atom. The molecule has 0 aliphatic heterocycles. The van der Waals surface area contributed by atoms with E-state index in [2.05, 4.69) is 17.7 Å². The monoisotopic (exact) mass is 295 g/mol. The van der Waals surface area contributed by atoms with Crippen molar-refractivity contribution in [1.29, 1.82) is 0 Å². The largest absolute Gasteiger partial charge is 0.409 e. The average molecular weight is 295 g/mol. The summed E-state index contributed by atoms with van der Waals surface area (Å²) in [6.07, 6.45) is 4.47. The molecule has 0 spiro atoms. The number of nitrogens with one attached hydrogen (secondary N) is 2. The van der Waals surface area contributed by atoms with E-state index in [9.17, 15) is 9.90 Å². The molecule has 6 heteroatoms. The van der Waals surface area contributed by atoms with E-state index in [1.54, 1.807) is 24.3 Å². The number of carbonyl (C=O) groups is 1. The lowest BCUT2D eigenvalue weighted by molar-refractivity contribution is 0.139. The number of aliphatic hydroxyl groups is 1. The van der Waals surface area contributed by atoms with Crippen molar-refractivity contribution in [3.63, 3.8) is 0 Å². The van der Waals surface area contributed by atoms with Crippen LogP contribution in [0.15, 0.2) is 24.3 Å². The van der Waals surface area contributed by atoms with Crippen LogP contribution in [0.2, 0.25) is 0 Å². The average Bonchev–Trinajstić information content (AvgIpc) is 2.47. The predicted octanol–water partition coefficient (Wildman–Crippen LogP) is 2.25. The molecule has 1 unspecified atom stereocenters. The lowest BCUT2D eigenvalue weighted by Gasteiger charge is -2.15. The van der Waals surface area contributed by atoms with E-state index in [-0.39, 0.29) is 12.5 Å². The summed E-state index contributed by atoms with van der Waals surface area (Å²) in [7, 11) is 0. The van der Waals surface area contributed by atoms with Gasteiger partial charge in [0, 0.05) is 18.8 Å². The lowest BCUT2D eigenvalue weighted by Crippen LogP contribution is -2.28. The second-order valence-electron chi connectivity index (χ2n) is 5.01. The number of unbranched alkanes of at least 4 members (excludes halogenated alkanes) is 2. The highest BCUT2D eigenvalue weighted by atomic mass is 16.6. The molecule has 1 rings (SSSR count). The molecular weight excluding hydrogens is 270 g/mol. The zero-order chi connectivity index (χ0) is 15.5. The number of rotatable bonds is 10. The van der Waals surface area contributed by atoms with E-state index in [4.69, 9.17) is 10.6 Å². The van der Waals surface area contributed by atoms with Crippen LogP contribution in [0.1, 0.15) is 32.6 Å². The van der Waals surface area contributed by atoms with Gasteiger partial charge in [-0.1, -0.05) is 26.2 Å². The number of primary amides is 1. The summed E-state index contributed by atoms with van der Waals surface area (Å²) in [6, 6.07) is 6.26. The molecule has 0 heterocycles. The predicted molar refractivity (Wildman–Crippen MR) is 83.0 cm³/mol. The van der Waals surface area contributed by atoms with Gasteiger partial charge in [0.2, 0.25) is 0 Å². The number of benzene rings is 1. The van der Waals surface area contributed by atoms with Gasteiger partial charge >= 0.3 is 6.03 Å². The highest BCUT2D eigenvalue weighted by Gasteiger charge is 2.07. The zero-order valence-corrected chi connectivity index (χ0v) is 12.5. The Balaban J connectivity index is 2.29. The minimum absolute atomic E-state index is 0.154. The van der Waals surface area contributed by atoms with Crippen molar-refractivity contribution in [2.75, 3.05) is 18.5 Å². The molecule has 0 radical (unpaired) electrons. The Bertz CT molecular complexity index is 409. The molecule has 0 fully saturated rings. The van der Waals surface area contributed by atoms with Crippen LogP contribution in [0, 0.1) is 5.92 Å². The molecule has 1 atom stereocenters. The SMILES string of the molecule is CCCCCC(CO)CNOc1ccc(NC(N)=O)cc1. The number of amides is 2. The fourth-order valence-corrected chi connectivity index (χ4v) is 1.93. The summed E-state index contributed by atoms with van der Waals surface area (Å²) >= 11 is 0. The summed E-state index contributed by atoms with van der Waals surface area (Å²) < 4.78 is 0. The number of nitrogens with two attached hydrogens (primary N) is 1. The number of aliphatic hydroxyl groups excluding tert-OH is 1. The quantitative estimate of drug-likeness (QED) is 0.393. The topological polar surface area (TPSA) is 96.6 Å². The van der Waals surface area contributed by atoms with Gasteiger partial charge < -0.3 is 21.0 Å². The summed E-state index contributed by atoms with van der Waals surface area (Å²) in [4.78, 5) is 16.1.